The van der Waals surface area contributed by atoms with E-state index in [1.54, 1.807) is 24.8 Å². The zero-order chi connectivity index (χ0) is 37.7. The average molecular weight is 706 g/mol. The molecule has 0 radical (unpaired) electrons. The van der Waals surface area contributed by atoms with Crippen molar-refractivity contribution in [3.63, 3.8) is 0 Å². The minimum atomic E-state index is -0.911. The summed E-state index contributed by atoms with van der Waals surface area (Å²) >= 11 is 0. The first-order valence-corrected chi connectivity index (χ1v) is 18.7. The fourth-order valence-corrected chi connectivity index (χ4v) is 8.24. The summed E-state index contributed by atoms with van der Waals surface area (Å²) < 4.78 is 5.65. The second-order valence-electron chi connectivity index (χ2n) is 17.0. The second-order valence-corrected chi connectivity index (χ2v) is 17.0. The fraction of sp³-hybridized carbons (Fsp3) is 0.659. The van der Waals surface area contributed by atoms with Gasteiger partial charge in [0.2, 0.25) is 11.7 Å². The van der Waals surface area contributed by atoms with Gasteiger partial charge in [-0.2, -0.15) is 0 Å². The third-order valence-corrected chi connectivity index (χ3v) is 11.2. The van der Waals surface area contributed by atoms with Crippen LogP contribution in [0.1, 0.15) is 118 Å². The highest BCUT2D eigenvalue weighted by atomic mass is 16.6. The van der Waals surface area contributed by atoms with Gasteiger partial charge in [0.15, 0.2) is 11.6 Å². The molecule has 4 rings (SSSR count). The van der Waals surface area contributed by atoms with Crippen LogP contribution in [0.15, 0.2) is 43.0 Å². The average Bonchev–Trinajstić information content (AvgIpc) is 3.37. The molecule has 3 aliphatic rings. The Kier molecular flexibility index (Phi) is 12.7. The quantitative estimate of drug-likeness (QED) is 0.114. The number of carbonyl (C=O) groups excluding carboxylic acids is 6. The van der Waals surface area contributed by atoms with E-state index in [4.69, 9.17) is 4.74 Å². The maximum absolute atomic E-state index is 14.4. The van der Waals surface area contributed by atoms with Crippen molar-refractivity contribution in [3.8, 4) is 0 Å². The van der Waals surface area contributed by atoms with Crippen LogP contribution in [-0.2, 0) is 34.3 Å². The van der Waals surface area contributed by atoms with E-state index in [9.17, 15) is 28.8 Å². The molecule has 3 amide bonds. The number of benzene rings is 1. The molecule has 10 heteroatoms. The predicted octanol–water partition coefficient (Wildman–Crippen LogP) is 6.45. The topological polar surface area (TPSA) is 139 Å². The van der Waals surface area contributed by atoms with Gasteiger partial charge in [-0.25, -0.2) is 4.79 Å². The lowest BCUT2D eigenvalue weighted by Gasteiger charge is -2.37. The van der Waals surface area contributed by atoms with Crippen molar-refractivity contribution in [2.24, 2.45) is 29.1 Å². The molecule has 1 heterocycles. The first-order valence-electron chi connectivity index (χ1n) is 18.7. The number of piperidine rings is 1. The number of urea groups is 1. The number of hydrogen-bond acceptors (Lipinski definition) is 7. The molecule has 51 heavy (non-hydrogen) atoms. The molecule has 2 aliphatic carbocycles. The maximum atomic E-state index is 14.4. The van der Waals surface area contributed by atoms with Gasteiger partial charge >= 0.3 is 12.0 Å². The minimum absolute atomic E-state index is 0.0397. The number of amides is 3. The Hall–Kier alpha value is -3.82. The Morgan fingerprint density at radius 2 is 1.63 bits per heavy atom. The SMILES string of the molecule is C=CCCC(CC(=O)[C@@H]1[C@@H]2[C@H](CN1C(=O)[C@@H](NC(=O)NC(C)(C)C)C1CCCCC1)C2(C)C)C(=O)C(=O)CCC(=O)OC(C)(C)c1ccccc1. The van der Waals surface area contributed by atoms with Gasteiger partial charge in [-0.05, 0) is 89.0 Å². The Labute approximate surface area is 303 Å². The molecule has 1 unspecified atom stereocenters. The van der Waals surface area contributed by atoms with E-state index in [1.807, 2.05) is 51.1 Å². The van der Waals surface area contributed by atoms with Crippen molar-refractivity contribution >= 4 is 35.3 Å². The first kappa shape index (κ1) is 40.0. The van der Waals surface area contributed by atoms with Gasteiger partial charge in [0.05, 0.1) is 12.5 Å². The normalized spacial score (nSPS) is 22.6. The van der Waals surface area contributed by atoms with E-state index in [1.165, 1.54) is 0 Å². The van der Waals surface area contributed by atoms with Gasteiger partial charge in [-0.1, -0.05) is 69.5 Å². The van der Waals surface area contributed by atoms with Crippen LogP contribution >= 0.6 is 0 Å². The number of rotatable bonds is 16. The molecule has 1 aliphatic heterocycles. The monoisotopic (exact) mass is 705 g/mol. The molecule has 3 fully saturated rings. The van der Waals surface area contributed by atoms with E-state index in [2.05, 4.69) is 31.1 Å². The Bertz CT molecular complexity index is 1470. The van der Waals surface area contributed by atoms with Gasteiger partial charge in [0, 0.05) is 30.8 Å². The lowest BCUT2D eigenvalue weighted by atomic mass is 9.82. The van der Waals surface area contributed by atoms with Crippen molar-refractivity contribution in [3.05, 3.63) is 48.6 Å². The van der Waals surface area contributed by atoms with Crippen molar-refractivity contribution in [1.29, 1.82) is 0 Å². The number of allylic oxidation sites excluding steroid dienone is 1. The molecule has 2 N–H and O–H groups in total. The van der Waals surface area contributed by atoms with Crippen LogP contribution in [0.3, 0.4) is 0 Å². The van der Waals surface area contributed by atoms with Crippen molar-refractivity contribution < 1.29 is 33.5 Å². The Morgan fingerprint density at radius 3 is 2.24 bits per heavy atom. The summed E-state index contributed by atoms with van der Waals surface area (Å²) in [5.41, 5.74) is -0.756. The summed E-state index contributed by atoms with van der Waals surface area (Å²) in [6.45, 7) is 17.5. The second kappa shape index (κ2) is 16.2. The molecule has 0 bridgehead atoms. The van der Waals surface area contributed by atoms with Crippen LogP contribution in [-0.4, -0.2) is 64.3 Å². The highest BCUT2D eigenvalue weighted by Crippen LogP contribution is 2.65. The Morgan fingerprint density at radius 1 is 0.980 bits per heavy atom. The summed E-state index contributed by atoms with van der Waals surface area (Å²) in [6.07, 6.45) is 6.21. The number of carbonyl (C=O) groups is 6. The number of hydrogen-bond donors (Lipinski definition) is 2. The predicted molar refractivity (Wildman–Crippen MR) is 195 cm³/mol. The zero-order valence-electron chi connectivity index (χ0n) is 31.7. The third kappa shape index (κ3) is 9.95. The molecule has 1 aromatic rings. The van der Waals surface area contributed by atoms with Crippen molar-refractivity contribution in [2.75, 3.05) is 6.54 Å². The number of ketones is 3. The molecule has 0 spiro atoms. The summed E-state index contributed by atoms with van der Waals surface area (Å²) in [5, 5.41) is 5.89. The van der Waals surface area contributed by atoms with Gasteiger partial charge in [0.25, 0.3) is 0 Å². The van der Waals surface area contributed by atoms with Gasteiger partial charge in [0.1, 0.15) is 11.6 Å². The number of ether oxygens (including phenoxy) is 1. The molecule has 1 aromatic carbocycles. The smallest absolute Gasteiger partial charge is 0.315 e. The summed E-state index contributed by atoms with van der Waals surface area (Å²) in [7, 11) is 0. The highest BCUT2D eigenvalue weighted by Gasteiger charge is 2.69. The molecular formula is C41H59N3O7. The zero-order valence-corrected chi connectivity index (χ0v) is 31.7. The molecule has 10 nitrogen and oxygen atoms in total. The van der Waals surface area contributed by atoms with E-state index < -0.39 is 52.7 Å². The van der Waals surface area contributed by atoms with Crippen LogP contribution in [0.2, 0.25) is 0 Å². The lowest BCUT2D eigenvalue weighted by molar-refractivity contribution is -0.158. The van der Waals surface area contributed by atoms with Gasteiger partial charge < -0.3 is 20.3 Å². The van der Waals surface area contributed by atoms with Gasteiger partial charge in [-0.3, -0.25) is 24.0 Å². The maximum Gasteiger partial charge on any atom is 0.315 e. The first-order chi connectivity index (χ1) is 23.9. The summed E-state index contributed by atoms with van der Waals surface area (Å²) in [4.78, 5) is 83.0. The third-order valence-electron chi connectivity index (χ3n) is 11.2. The fourth-order valence-electron chi connectivity index (χ4n) is 8.24. The summed E-state index contributed by atoms with van der Waals surface area (Å²) in [6, 6.07) is 7.33. The van der Waals surface area contributed by atoms with Crippen molar-refractivity contribution in [1.82, 2.24) is 15.5 Å². The van der Waals surface area contributed by atoms with Gasteiger partial charge in [-0.15, -0.1) is 6.58 Å². The lowest BCUT2D eigenvalue weighted by Crippen LogP contribution is -2.59. The Balaban J connectivity index is 1.47. The minimum Gasteiger partial charge on any atom is -0.455 e. The van der Waals surface area contributed by atoms with E-state index in [0.717, 1.165) is 37.7 Å². The van der Waals surface area contributed by atoms with Crippen LogP contribution < -0.4 is 10.6 Å². The molecule has 2 saturated carbocycles. The standard InChI is InChI=1S/C41H59N3O7/c1-9-10-17-27(36(48)30(45)22-23-32(47)51-41(7,8)28-20-15-12-16-21-28)24-31(46)35-33-29(40(33,5)6)25-44(35)37(49)34(26-18-13-11-14-19-26)42-38(50)43-39(2,3)4/h9,12,15-16,20-21,26-27,29,33-35H,1,10-11,13-14,17-19,22-25H2,2-8H3,(H2,42,43,50)/t27?,29-,33-,34-,35+/m0/s1. The number of nitrogens with zero attached hydrogens (tertiary/aromatic N) is 1. The van der Waals surface area contributed by atoms with Crippen molar-refractivity contribution in [2.45, 2.75) is 136 Å². The highest BCUT2D eigenvalue weighted by molar-refractivity contribution is 6.38. The van der Waals surface area contributed by atoms with E-state index >= 15 is 0 Å². The molecule has 1 saturated heterocycles. The molecule has 5 atom stereocenters. The number of esters is 1. The molecular weight excluding hydrogens is 646 g/mol. The number of nitrogens with one attached hydrogen (secondary N) is 2. The van der Waals surface area contributed by atoms with Crippen LogP contribution in [0.25, 0.3) is 0 Å². The number of Topliss-reactive ketones (excluding diaryl/α,β-unsaturated/α-hetero) is 3. The van der Waals surface area contributed by atoms with E-state index in [-0.39, 0.29) is 60.5 Å². The largest absolute Gasteiger partial charge is 0.455 e. The summed E-state index contributed by atoms with van der Waals surface area (Å²) in [5.74, 6) is -3.40. The molecule has 280 valence electrons. The van der Waals surface area contributed by atoms with E-state index in [0.29, 0.717) is 13.0 Å². The molecule has 0 aromatic heterocycles. The number of fused-ring (bicyclic) bond motifs is 1. The van der Waals surface area contributed by atoms with Crippen LogP contribution in [0, 0.1) is 29.1 Å². The number of likely N-dealkylation sites (tertiary alicyclic amines) is 1. The van der Waals surface area contributed by atoms with Crippen LogP contribution in [0.5, 0.6) is 0 Å². The van der Waals surface area contributed by atoms with Crippen LogP contribution in [0.4, 0.5) is 4.79 Å².